The van der Waals surface area contributed by atoms with E-state index in [9.17, 15) is 18.0 Å². The minimum absolute atomic E-state index is 0.0615. The number of aromatic nitrogens is 4. The number of hydrogen-bond acceptors (Lipinski definition) is 6. The number of carbonyl (C=O) groups excluding carboxylic acids is 1. The summed E-state index contributed by atoms with van der Waals surface area (Å²) in [4.78, 5) is 21.4. The van der Waals surface area contributed by atoms with Gasteiger partial charge in [0.2, 0.25) is 0 Å². The highest BCUT2D eigenvalue weighted by Gasteiger charge is 2.41. The van der Waals surface area contributed by atoms with Crippen LogP contribution in [0.5, 0.6) is 0 Å². The molecule has 0 atom stereocenters. The lowest BCUT2D eigenvalue weighted by Gasteiger charge is -2.29. The molecule has 1 aliphatic rings. The standard InChI is InChI=1S/C18H21F3N6O2/c1-17(2,3)29-16(28)26-9-5-11(6-10-26)12-13(18(19,20)21)25-27(14(12)22)15-23-7-4-8-24-15/h4-5,7-8H,6,9-10,22H2,1-3H3. The quantitative estimate of drug-likeness (QED) is 0.816. The Kier molecular flexibility index (Phi) is 5.24. The molecule has 0 spiro atoms. The molecule has 0 radical (unpaired) electrons. The van der Waals surface area contributed by atoms with Crippen LogP contribution >= 0.6 is 0 Å². The summed E-state index contributed by atoms with van der Waals surface area (Å²) >= 11 is 0. The molecule has 1 amide bonds. The van der Waals surface area contributed by atoms with Crippen molar-refractivity contribution >= 4 is 17.5 Å². The second-order valence-corrected chi connectivity index (χ2v) is 7.47. The molecule has 8 nitrogen and oxygen atoms in total. The van der Waals surface area contributed by atoms with Gasteiger partial charge in [0.15, 0.2) is 5.69 Å². The first-order valence-corrected chi connectivity index (χ1v) is 8.88. The molecule has 2 aromatic rings. The molecule has 29 heavy (non-hydrogen) atoms. The van der Waals surface area contributed by atoms with Gasteiger partial charge in [-0.05, 0) is 38.8 Å². The monoisotopic (exact) mass is 410 g/mol. The van der Waals surface area contributed by atoms with Gasteiger partial charge in [-0.2, -0.15) is 23.0 Å². The minimum Gasteiger partial charge on any atom is -0.444 e. The van der Waals surface area contributed by atoms with Gasteiger partial charge >= 0.3 is 12.3 Å². The normalized spacial score (nSPS) is 15.2. The first-order chi connectivity index (χ1) is 13.5. The summed E-state index contributed by atoms with van der Waals surface area (Å²) in [6, 6.07) is 1.53. The number of anilines is 1. The largest absolute Gasteiger partial charge is 0.444 e. The van der Waals surface area contributed by atoms with Crippen molar-refractivity contribution in [3.8, 4) is 5.95 Å². The van der Waals surface area contributed by atoms with Crippen molar-refractivity contribution in [2.75, 3.05) is 18.8 Å². The van der Waals surface area contributed by atoms with Crippen LogP contribution < -0.4 is 5.73 Å². The van der Waals surface area contributed by atoms with E-state index in [1.165, 1.54) is 29.4 Å². The Morgan fingerprint density at radius 2 is 1.86 bits per heavy atom. The zero-order valence-corrected chi connectivity index (χ0v) is 16.2. The molecule has 0 saturated heterocycles. The number of rotatable bonds is 2. The van der Waals surface area contributed by atoms with Crippen molar-refractivity contribution in [1.29, 1.82) is 0 Å². The number of hydrogen-bond donors (Lipinski definition) is 1. The molecule has 11 heteroatoms. The van der Waals surface area contributed by atoms with Crippen molar-refractivity contribution in [2.24, 2.45) is 0 Å². The van der Waals surface area contributed by atoms with Gasteiger partial charge in [-0.25, -0.2) is 14.8 Å². The Morgan fingerprint density at radius 3 is 2.38 bits per heavy atom. The van der Waals surface area contributed by atoms with E-state index >= 15 is 0 Å². The van der Waals surface area contributed by atoms with Crippen LogP contribution in [0.25, 0.3) is 11.5 Å². The van der Waals surface area contributed by atoms with Crippen LogP contribution in [-0.4, -0.2) is 49.4 Å². The maximum atomic E-state index is 13.6. The molecule has 0 bridgehead atoms. The van der Waals surface area contributed by atoms with Crippen LogP contribution in [-0.2, 0) is 10.9 Å². The Bertz CT molecular complexity index is 932. The number of nitrogens with two attached hydrogens (primary N) is 1. The van der Waals surface area contributed by atoms with Gasteiger partial charge in [-0.3, -0.25) is 0 Å². The molecule has 2 N–H and O–H groups in total. The number of amides is 1. The fourth-order valence-corrected chi connectivity index (χ4v) is 2.89. The van der Waals surface area contributed by atoms with Gasteiger partial charge in [-0.1, -0.05) is 6.08 Å². The first-order valence-electron chi connectivity index (χ1n) is 8.88. The number of carbonyl (C=O) groups is 1. The Hall–Kier alpha value is -3.11. The maximum Gasteiger partial charge on any atom is 0.435 e. The fourth-order valence-electron chi connectivity index (χ4n) is 2.89. The predicted molar refractivity (Wildman–Crippen MR) is 99.0 cm³/mol. The molecular formula is C18H21F3N6O2. The summed E-state index contributed by atoms with van der Waals surface area (Å²) in [5.41, 5.74) is 4.39. The van der Waals surface area contributed by atoms with Crippen LogP contribution in [0.4, 0.5) is 23.8 Å². The molecule has 0 fully saturated rings. The zero-order valence-electron chi connectivity index (χ0n) is 16.2. The number of alkyl halides is 3. The number of halogens is 3. The van der Waals surface area contributed by atoms with E-state index < -0.39 is 23.6 Å². The molecule has 0 aromatic carbocycles. The van der Waals surface area contributed by atoms with Gasteiger partial charge in [0.25, 0.3) is 5.95 Å². The molecule has 0 aliphatic carbocycles. The summed E-state index contributed by atoms with van der Waals surface area (Å²) in [7, 11) is 0. The third kappa shape index (κ3) is 4.49. The number of nitrogens with zero attached hydrogens (tertiary/aromatic N) is 5. The van der Waals surface area contributed by atoms with Crippen molar-refractivity contribution in [3.05, 3.63) is 35.8 Å². The van der Waals surface area contributed by atoms with Crippen LogP contribution in [0.3, 0.4) is 0 Å². The lowest BCUT2D eigenvalue weighted by Crippen LogP contribution is -2.39. The highest BCUT2D eigenvalue weighted by Crippen LogP contribution is 2.39. The van der Waals surface area contributed by atoms with Crippen LogP contribution in [0.15, 0.2) is 24.5 Å². The van der Waals surface area contributed by atoms with Crippen LogP contribution in [0, 0.1) is 0 Å². The summed E-state index contributed by atoms with van der Waals surface area (Å²) in [6.07, 6.45) is -0.762. The summed E-state index contributed by atoms with van der Waals surface area (Å²) < 4.78 is 47.0. The van der Waals surface area contributed by atoms with Crippen molar-refractivity contribution < 1.29 is 22.7 Å². The average molecular weight is 410 g/mol. The van der Waals surface area contributed by atoms with Crippen LogP contribution in [0.1, 0.15) is 38.4 Å². The third-order valence-electron chi connectivity index (χ3n) is 4.11. The summed E-state index contributed by atoms with van der Waals surface area (Å²) in [5, 5.41) is 3.62. The molecule has 156 valence electrons. The van der Waals surface area contributed by atoms with Gasteiger partial charge in [-0.15, -0.1) is 0 Å². The molecule has 0 saturated carbocycles. The van der Waals surface area contributed by atoms with Gasteiger partial charge in [0.1, 0.15) is 11.4 Å². The first kappa shape index (κ1) is 20.6. The van der Waals surface area contributed by atoms with Crippen molar-refractivity contribution in [1.82, 2.24) is 24.6 Å². The number of nitrogen functional groups attached to an aromatic ring is 1. The Balaban J connectivity index is 1.95. The second kappa shape index (κ2) is 7.37. The van der Waals surface area contributed by atoms with E-state index in [4.69, 9.17) is 10.5 Å². The SMILES string of the molecule is CC(C)(C)OC(=O)N1CC=C(c2c(C(F)(F)F)nn(-c3ncccn3)c2N)CC1. The summed E-state index contributed by atoms with van der Waals surface area (Å²) in [6.45, 7) is 5.53. The average Bonchev–Trinajstić information content (AvgIpc) is 2.99. The second-order valence-electron chi connectivity index (χ2n) is 7.47. The summed E-state index contributed by atoms with van der Waals surface area (Å²) in [5.74, 6) is -0.269. The Morgan fingerprint density at radius 1 is 1.21 bits per heavy atom. The molecule has 3 rings (SSSR count). The zero-order chi connectivity index (χ0) is 21.4. The molecule has 2 aromatic heterocycles. The topological polar surface area (TPSA) is 99.2 Å². The molecule has 1 aliphatic heterocycles. The minimum atomic E-state index is -4.72. The highest BCUT2D eigenvalue weighted by molar-refractivity contribution is 5.78. The maximum absolute atomic E-state index is 13.6. The third-order valence-corrected chi connectivity index (χ3v) is 4.11. The highest BCUT2D eigenvalue weighted by atomic mass is 19.4. The van der Waals surface area contributed by atoms with E-state index in [0.717, 1.165) is 4.68 Å². The fraction of sp³-hybridized carbons (Fsp3) is 0.444. The molecule has 0 unspecified atom stereocenters. The van der Waals surface area contributed by atoms with Gasteiger partial charge in [0, 0.05) is 25.5 Å². The van der Waals surface area contributed by atoms with E-state index in [0.29, 0.717) is 5.57 Å². The van der Waals surface area contributed by atoms with Crippen LogP contribution in [0.2, 0.25) is 0 Å². The smallest absolute Gasteiger partial charge is 0.435 e. The van der Waals surface area contributed by atoms with E-state index in [-0.39, 0.29) is 36.8 Å². The van der Waals surface area contributed by atoms with E-state index in [2.05, 4.69) is 15.1 Å². The predicted octanol–water partition coefficient (Wildman–Crippen LogP) is 3.29. The lowest BCUT2D eigenvalue weighted by atomic mass is 9.99. The van der Waals surface area contributed by atoms with E-state index in [1.54, 1.807) is 20.8 Å². The molecule has 3 heterocycles. The van der Waals surface area contributed by atoms with Crippen molar-refractivity contribution in [2.45, 2.75) is 39.0 Å². The number of ether oxygens (including phenoxy) is 1. The van der Waals surface area contributed by atoms with E-state index in [1.807, 2.05) is 0 Å². The van der Waals surface area contributed by atoms with Crippen molar-refractivity contribution in [3.63, 3.8) is 0 Å². The Labute approximate surface area is 165 Å². The lowest BCUT2D eigenvalue weighted by molar-refractivity contribution is -0.141. The van der Waals surface area contributed by atoms with Gasteiger partial charge < -0.3 is 15.4 Å². The molecular weight excluding hydrogens is 389 g/mol. The van der Waals surface area contributed by atoms with Gasteiger partial charge in [0.05, 0.1) is 5.56 Å².